The monoisotopic (exact) mass is 378 g/mol. The summed E-state index contributed by atoms with van der Waals surface area (Å²) in [6.45, 7) is 0. The quantitative estimate of drug-likeness (QED) is 0.496. The van der Waals surface area contributed by atoms with Crippen molar-refractivity contribution in [3.63, 3.8) is 0 Å². The third kappa shape index (κ3) is 5.58. The number of hydrogen-bond acceptors (Lipinski definition) is 1. The molecule has 2 rings (SSSR count). The van der Waals surface area contributed by atoms with E-state index in [2.05, 4.69) is 0 Å². The van der Waals surface area contributed by atoms with Crippen molar-refractivity contribution in [1.29, 1.82) is 0 Å². The van der Waals surface area contributed by atoms with Gasteiger partial charge in [-0.3, -0.25) is 0 Å². The van der Waals surface area contributed by atoms with E-state index >= 15 is 0 Å². The lowest BCUT2D eigenvalue weighted by Gasteiger charge is -2.06. The van der Waals surface area contributed by atoms with Crippen LogP contribution in [0.1, 0.15) is 11.1 Å². The first kappa shape index (κ1) is 17.3. The zero-order chi connectivity index (χ0) is 15.2. The maximum absolute atomic E-state index is 6.15. The van der Waals surface area contributed by atoms with Crippen LogP contribution >= 0.6 is 58.2 Å². The molecule has 5 heteroatoms. The summed E-state index contributed by atoms with van der Waals surface area (Å²) in [5, 5.41) is 2.83. The molecule has 0 bridgehead atoms. The van der Waals surface area contributed by atoms with Crippen molar-refractivity contribution in [2.24, 2.45) is 0 Å². The molecule has 0 aliphatic carbocycles. The summed E-state index contributed by atoms with van der Waals surface area (Å²) in [6, 6.07) is 11.3. The van der Waals surface area contributed by atoms with E-state index in [4.69, 9.17) is 46.4 Å². The number of aryl methyl sites for hydroxylation is 2. The minimum atomic E-state index is 0.675. The lowest BCUT2D eigenvalue weighted by atomic mass is 10.2. The largest absolute Gasteiger partial charge is 0.161 e. The van der Waals surface area contributed by atoms with Crippen molar-refractivity contribution >= 4 is 58.2 Å². The third-order valence-electron chi connectivity index (χ3n) is 3.06. The van der Waals surface area contributed by atoms with Crippen LogP contribution < -0.4 is 0 Å². The second-order valence-electron chi connectivity index (χ2n) is 4.58. The van der Waals surface area contributed by atoms with E-state index in [1.54, 1.807) is 12.1 Å². The van der Waals surface area contributed by atoms with Gasteiger partial charge < -0.3 is 0 Å². The Bertz CT molecular complexity index is 560. The lowest BCUT2D eigenvalue weighted by molar-refractivity contribution is 1.13. The summed E-state index contributed by atoms with van der Waals surface area (Å²) in [6.07, 6.45) is 1.88. The van der Waals surface area contributed by atoms with Crippen molar-refractivity contribution in [1.82, 2.24) is 0 Å². The zero-order valence-electron chi connectivity index (χ0n) is 11.2. The molecule has 0 saturated carbocycles. The Morgan fingerprint density at radius 3 is 1.48 bits per heavy atom. The van der Waals surface area contributed by atoms with Crippen LogP contribution in [0.15, 0.2) is 36.4 Å². The molecule has 0 heterocycles. The van der Waals surface area contributed by atoms with Gasteiger partial charge in [-0.15, -0.1) is 0 Å². The molecular formula is C16H14Cl4S. The van der Waals surface area contributed by atoms with Gasteiger partial charge in [-0.25, -0.2) is 0 Å². The molecule has 0 amide bonds. The third-order valence-corrected chi connectivity index (χ3v) is 5.22. The van der Waals surface area contributed by atoms with E-state index in [1.807, 2.05) is 36.0 Å². The van der Waals surface area contributed by atoms with Gasteiger partial charge in [0.2, 0.25) is 0 Å². The van der Waals surface area contributed by atoms with Crippen LogP contribution in [0.2, 0.25) is 20.1 Å². The van der Waals surface area contributed by atoms with E-state index in [9.17, 15) is 0 Å². The SMILES string of the molecule is Clc1ccc(CCSCCc2ccc(Cl)cc2Cl)c(Cl)c1. The van der Waals surface area contributed by atoms with Crippen LogP contribution in [0.25, 0.3) is 0 Å². The van der Waals surface area contributed by atoms with Crippen LogP contribution in [-0.4, -0.2) is 11.5 Å². The molecule has 21 heavy (non-hydrogen) atoms. The standard InChI is InChI=1S/C16H14Cl4S/c17-13-3-1-11(15(19)9-13)5-7-21-8-6-12-2-4-14(18)10-16(12)20/h1-4,9-10H,5-8H2. The van der Waals surface area contributed by atoms with E-state index in [-0.39, 0.29) is 0 Å². The van der Waals surface area contributed by atoms with Crippen LogP contribution in [0, 0.1) is 0 Å². The number of thioether (sulfide) groups is 1. The Labute approximate surface area is 149 Å². The zero-order valence-corrected chi connectivity index (χ0v) is 15.1. The summed E-state index contributed by atoms with van der Waals surface area (Å²) >= 11 is 26.0. The van der Waals surface area contributed by atoms with Gasteiger partial charge in [-0.2, -0.15) is 11.8 Å². The van der Waals surface area contributed by atoms with Crippen molar-refractivity contribution in [3.05, 3.63) is 67.6 Å². The maximum Gasteiger partial charge on any atom is 0.0453 e. The molecule has 0 saturated heterocycles. The fraction of sp³-hybridized carbons (Fsp3) is 0.250. The first-order chi connectivity index (χ1) is 10.1. The number of halogens is 4. The van der Waals surface area contributed by atoms with Crippen LogP contribution in [0.5, 0.6) is 0 Å². The van der Waals surface area contributed by atoms with Gasteiger partial charge in [0.05, 0.1) is 0 Å². The van der Waals surface area contributed by atoms with Gasteiger partial charge in [-0.1, -0.05) is 58.5 Å². The number of hydrogen-bond donors (Lipinski definition) is 0. The van der Waals surface area contributed by atoms with Crippen molar-refractivity contribution in [2.75, 3.05) is 11.5 Å². The van der Waals surface area contributed by atoms with Gasteiger partial charge in [0, 0.05) is 20.1 Å². The van der Waals surface area contributed by atoms with E-state index < -0.39 is 0 Å². The average molecular weight is 380 g/mol. The summed E-state index contributed by atoms with van der Waals surface area (Å²) in [5.74, 6) is 2.04. The Hall–Kier alpha value is -0.0500. The smallest absolute Gasteiger partial charge is 0.0453 e. The number of benzene rings is 2. The molecule has 0 aromatic heterocycles. The molecule has 0 aliphatic heterocycles. The molecule has 0 fully saturated rings. The highest BCUT2D eigenvalue weighted by Crippen LogP contribution is 2.24. The van der Waals surface area contributed by atoms with Crippen molar-refractivity contribution < 1.29 is 0 Å². The first-order valence-electron chi connectivity index (χ1n) is 6.52. The van der Waals surface area contributed by atoms with Gasteiger partial charge in [0.15, 0.2) is 0 Å². The minimum absolute atomic E-state index is 0.675. The fourth-order valence-corrected chi connectivity index (χ4v) is 3.85. The predicted octanol–water partition coefficient (Wildman–Crippen LogP) is 6.82. The molecule has 0 unspecified atom stereocenters. The van der Waals surface area contributed by atoms with E-state index in [1.165, 1.54) is 0 Å². The second-order valence-corrected chi connectivity index (χ2v) is 7.50. The lowest BCUT2D eigenvalue weighted by Crippen LogP contribution is -1.94. The maximum atomic E-state index is 6.15. The molecule has 0 N–H and O–H groups in total. The van der Waals surface area contributed by atoms with Crippen molar-refractivity contribution in [2.45, 2.75) is 12.8 Å². The van der Waals surface area contributed by atoms with Crippen LogP contribution in [-0.2, 0) is 12.8 Å². The van der Waals surface area contributed by atoms with Gasteiger partial charge >= 0.3 is 0 Å². The molecule has 0 nitrogen and oxygen atoms in total. The first-order valence-corrected chi connectivity index (χ1v) is 9.18. The van der Waals surface area contributed by atoms with Crippen molar-refractivity contribution in [3.8, 4) is 0 Å². The summed E-state index contributed by atoms with van der Waals surface area (Å²) < 4.78 is 0. The normalized spacial score (nSPS) is 10.9. The average Bonchev–Trinajstić information content (AvgIpc) is 2.42. The Morgan fingerprint density at radius 2 is 1.10 bits per heavy atom. The Kier molecular flexibility index (Phi) is 7.04. The predicted molar refractivity (Wildman–Crippen MR) is 97.7 cm³/mol. The van der Waals surface area contributed by atoms with Crippen LogP contribution in [0.4, 0.5) is 0 Å². The van der Waals surface area contributed by atoms with Gasteiger partial charge in [0.1, 0.15) is 0 Å². The molecular weight excluding hydrogens is 366 g/mol. The van der Waals surface area contributed by atoms with Gasteiger partial charge in [0.25, 0.3) is 0 Å². The van der Waals surface area contributed by atoms with Crippen LogP contribution in [0.3, 0.4) is 0 Å². The minimum Gasteiger partial charge on any atom is -0.161 e. The summed E-state index contributed by atoms with van der Waals surface area (Å²) in [7, 11) is 0. The molecule has 2 aromatic rings. The highest BCUT2D eigenvalue weighted by atomic mass is 35.5. The highest BCUT2D eigenvalue weighted by Gasteiger charge is 2.03. The Balaban J connectivity index is 1.75. The highest BCUT2D eigenvalue weighted by molar-refractivity contribution is 7.99. The van der Waals surface area contributed by atoms with Gasteiger partial charge in [-0.05, 0) is 59.7 Å². The van der Waals surface area contributed by atoms with E-state index in [0.29, 0.717) is 10.0 Å². The molecule has 0 spiro atoms. The Morgan fingerprint density at radius 1 is 0.667 bits per heavy atom. The topological polar surface area (TPSA) is 0 Å². The molecule has 0 aliphatic rings. The fourth-order valence-electron chi connectivity index (χ4n) is 1.92. The second kappa shape index (κ2) is 8.55. The van der Waals surface area contributed by atoms with E-state index in [0.717, 1.165) is 45.5 Å². The molecule has 112 valence electrons. The molecule has 0 radical (unpaired) electrons. The molecule has 2 aromatic carbocycles. The summed E-state index contributed by atoms with van der Waals surface area (Å²) in [4.78, 5) is 0. The number of rotatable bonds is 6. The summed E-state index contributed by atoms with van der Waals surface area (Å²) in [5.41, 5.74) is 2.27. The molecule has 0 atom stereocenters.